The Morgan fingerprint density at radius 2 is 1.50 bits per heavy atom. The van der Waals surface area contributed by atoms with Crippen molar-refractivity contribution in [2.45, 2.75) is 59.2 Å². The zero-order valence-electron chi connectivity index (χ0n) is 20.3. The summed E-state index contributed by atoms with van der Waals surface area (Å²) in [4.78, 5) is 28.6. The second-order valence-electron chi connectivity index (χ2n) is 9.11. The van der Waals surface area contributed by atoms with Crippen molar-refractivity contribution in [1.82, 2.24) is 10.2 Å². The van der Waals surface area contributed by atoms with E-state index in [0.29, 0.717) is 6.42 Å². The van der Waals surface area contributed by atoms with Gasteiger partial charge in [-0.2, -0.15) is 0 Å². The first kappa shape index (κ1) is 25.2. The minimum Gasteiger partial charge on any atom is -0.352 e. The van der Waals surface area contributed by atoms with Gasteiger partial charge in [0.1, 0.15) is 11.9 Å². The Bertz CT molecular complexity index is 1110. The van der Waals surface area contributed by atoms with Crippen LogP contribution in [-0.4, -0.2) is 28.8 Å². The molecule has 3 rings (SSSR count). The van der Waals surface area contributed by atoms with E-state index in [1.165, 1.54) is 12.1 Å². The zero-order chi connectivity index (χ0) is 24.7. The molecule has 0 heterocycles. The molecule has 1 atom stereocenters. The van der Waals surface area contributed by atoms with Crippen molar-refractivity contribution in [2.75, 3.05) is 0 Å². The van der Waals surface area contributed by atoms with Crippen molar-refractivity contribution < 1.29 is 14.0 Å². The number of halogens is 1. The van der Waals surface area contributed by atoms with E-state index >= 15 is 0 Å². The Morgan fingerprint density at radius 3 is 2.12 bits per heavy atom. The molecule has 0 aliphatic rings. The first-order valence-corrected chi connectivity index (χ1v) is 11.7. The van der Waals surface area contributed by atoms with Crippen LogP contribution in [0.5, 0.6) is 0 Å². The van der Waals surface area contributed by atoms with Gasteiger partial charge in [0.05, 0.1) is 6.42 Å². The van der Waals surface area contributed by atoms with E-state index in [2.05, 4.69) is 5.32 Å². The molecule has 0 aliphatic heterocycles. The maximum absolute atomic E-state index is 13.7. The molecule has 0 aromatic heterocycles. The predicted octanol–water partition coefficient (Wildman–Crippen LogP) is 5.15. The largest absolute Gasteiger partial charge is 0.352 e. The highest BCUT2D eigenvalue weighted by atomic mass is 19.1. The average molecular weight is 461 g/mol. The molecule has 0 saturated heterocycles. The highest BCUT2D eigenvalue weighted by molar-refractivity contribution is 5.89. The van der Waals surface area contributed by atoms with Gasteiger partial charge in [0.2, 0.25) is 11.8 Å². The molecule has 0 spiro atoms. The van der Waals surface area contributed by atoms with Gasteiger partial charge >= 0.3 is 0 Å². The van der Waals surface area contributed by atoms with E-state index in [-0.39, 0.29) is 36.6 Å². The van der Waals surface area contributed by atoms with Crippen molar-refractivity contribution in [3.63, 3.8) is 0 Å². The number of hydrogen-bond donors (Lipinski definition) is 1. The molecule has 3 aromatic rings. The third-order valence-corrected chi connectivity index (χ3v) is 5.89. The SMILES string of the molecule is Cc1ccc(CC(=O)N(Cc2ccc(F)cc2)C(Cc2ccccc2)C(=O)NC(C)C)cc1C. The van der Waals surface area contributed by atoms with Gasteiger partial charge in [-0.05, 0) is 67.6 Å². The van der Waals surface area contributed by atoms with E-state index < -0.39 is 6.04 Å². The molecule has 0 bridgehead atoms. The standard InChI is InChI=1S/C29H33FN2O2/c1-20(2)31-29(34)27(17-23-8-6-5-7-9-23)32(19-24-12-14-26(30)15-13-24)28(33)18-25-11-10-21(3)22(4)16-25/h5-16,20,27H,17-19H2,1-4H3,(H,31,34). The minimum atomic E-state index is -0.700. The molecular weight excluding hydrogens is 427 g/mol. The summed E-state index contributed by atoms with van der Waals surface area (Å²) < 4.78 is 13.5. The van der Waals surface area contributed by atoms with E-state index in [9.17, 15) is 14.0 Å². The van der Waals surface area contributed by atoms with Gasteiger partial charge in [0, 0.05) is 19.0 Å². The maximum atomic E-state index is 13.7. The topological polar surface area (TPSA) is 49.4 Å². The molecule has 0 radical (unpaired) electrons. The van der Waals surface area contributed by atoms with Crippen LogP contribution in [0.4, 0.5) is 4.39 Å². The van der Waals surface area contributed by atoms with Crippen molar-refractivity contribution >= 4 is 11.8 Å². The number of carbonyl (C=O) groups is 2. The number of hydrogen-bond acceptors (Lipinski definition) is 2. The van der Waals surface area contributed by atoms with Gasteiger partial charge in [-0.15, -0.1) is 0 Å². The number of nitrogens with one attached hydrogen (secondary N) is 1. The number of benzene rings is 3. The highest BCUT2D eigenvalue weighted by Gasteiger charge is 2.30. The Kier molecular flexibility index (Phi) is 8.58. The van der Waals surface area contributed by atoms with Crippen LogP contribution in [0.25, 0.3) is 0 Å². The Hall–Kier alpha value is -3.47. The Morgan fingerprint density at radius 1 is 0.853 bits per heavy atom. The van der Waals surface area contributed by atoms with Crippen molar-refractivity contribution in [3.8, 4) is 0 Å². The second-order valence-corrected chi connectivity index (χ2v) is 9.11. The van der Waals surface area contributed by atoms with E-state index in [1.807, 2.05) is 76.2 Å². The van der Waals surface area contributed by atoms with Crippen LogP contribution in [-0.2, 0) is 29.0 Å². The van der Waals surface area contributed by atoms with Crippen LogP contribution in [0.1, 0.15) is 41.7 Å². The number of nitrogens with zero attached hydrogens (tertiary/aromatic N) is 1. The summed E-state index contributed by atoms with van der Waals surface area (Å²) in [5.74, 6) is -0.683. The first-order chi connectivity index (χ1) is 16.2. The molecule has 0 aliphatic carbocycles. The molecule has 5 heteroatoms. The number of carbonyl (C=O) groups excluding carboxylic acids is 2. The lowest BCUT2D eigenvalue weighted by Crippen LogP contribution is -2.52. The maximum Gasteiger partial charge on any atom is 0.243 e. The lowest BCUT2D eigenvalue weighted by atomic mass is 10.00. The van der Waals surface area contributed by atoms with Crippen LogP contribution in [0.2, 0.25) is 0 Å². The zero-order valence-corrected chi connectivity index (χ0v) is 20.3. The van der Waals surface area contributed by atoms with Gasteiger partial charge in [-0.1, -0.05) is 60.7 Å². The lowest BCUT2D eigenvalue weighted by Gasteiger charge is -2.32. The lowest BCUT2D eigenvalue weighted by molar-refractivity contribution is -0.141. The van der Waals surface area contributed by atoms with Crippen LogP contribution < -0.4 is 5.32 Å². The molecular formula is C29H33FN2O2. The van der Waals surface area contributed by atoms with Gasteiger partial charge in [-0.3, -0.25) is 9.59 Å². The average Bonchev–Trinajstić information content (AvgIpc) is 2.80. The summed E-state index contributed by atoms with van der Waals surface area (Å²) in [5, 5.41) is 2.98. The van der Waals surface area contributed by atoms with E-state index in [1.54, 1.807) is 17.0 Å². The number of amides is 2. The second kappa shape index (κ2) is 11.6. The third kappa shape index (κ3) is 7.01. The molecule has 1 N–H and O–H groups in total. The molecule has 0 saturated carbocycles. The Balaban J connectivity index is 1.97. The minimum absolute atomic E-state index is 0.0618. The summed E-state index contributed by atoms with van der Waals surface area (Å²) >= 11 is 0. The number of aryl methyl sites for hydroxylation is 2. The summed E-state index contributed by atoms with van der Waals surface area (Å²) in [5.41, 5.74) is 4.92. The van der Waals surface area contributed by atoms with E-state index in [0.717, 1.165) is 27.8 Å². The van der Waals surface area contributed by atoms with Gasteiger partial charge in [0.25, 0.3) is 0 Å². The van der Waals surface area contributed by atoms with Gasteiger partial charge < -0.3 is 10.2 Å². The summed E-state index contributed by atoms with van der Waals surface area (Å²) in [6.45, 7) is 8.08. The van der Waals surface area contributed by atoms with Crippen LogP contribution in [0.15, 0.2) is 72.8 Å². The molecule has 34 heavy (non-hydrogen) atoms. The van der Waals surface area contributed by atoms with Crippen molar-refractivity contribution in [3.05, 3.63) is 106 Å². The van der Waals surface area contributed by atoms with Crippen molar-refractivity contribution in [2.24, 2.45) is 0 Å². The summed E-state index contributed by atoms with van der Waals surface area (Å²) in [6.07, 6.45) is 0.571. The summed E-state index contributed by atoms with van der Waals surface area (Å²) in [7, 11) is 0. The fourth-order valence-electron chi connectivity index (χ4n) is 3.91. The normalized spacial score (nSPS) is 11.8. The Labute approximate surface area is 201 Å². The van der Waals surface area contributed by atoms with Crippen LogP contribution >= 0.6 is 0 Å². The molecule has 4 nitrogen and oxygen atoms in total. The quantitative estimate of drug-likeness (QED) is 0.480. The molecule has 2 amide bonds. The third-order valence-electron chi connectivity index (χ3n) is 5.89. The van der Waals surface area contributed by atoms with Crippen LogP contribution in [0, 0.1) is 19.7 Å². The van der Waals surface area contributed by atoms with Crippen molar-refractivity contribution in [1.29, 1.82) is 0 Å². The van der Waals surface area contributed by atoms with Crippen LogP contribution in [0.3, 0.4) is 0 Å². The summed E-state index contributed by atoms with van der Waals surface area (Å²) in [6, 6.07) is 21.0. The fourth-order valence-corrected chi connectivity index (χ4v) is 3.91. The molecule has 1 unspecified atom stereocenters. The smallest absolute Gasteiger partial charge is 0.243 e. The molecule has 0 fully saturated rings. The molecule has 178 valence electrons. The van der Waals surface area contributed by atoms with E-state index in [4.69, 9.17) is 0 Å². The highest BCUT2D eigenvalue weighted by Crippen LogP contribution is 2.18. The fraction of sp³-hybridized carbons (Fsp3) is 0.310. The van der Waals surface area contributed by atoms with Gasteiger partial charge in [-0.25, -0.2) is 4.39 Å². The van der Waals surface area contributed by atoms with Gasteiger partial charge in [0.15, 0.2) is 0 Å². The molecule has 3 aromatic carbocycles. The first-order valence-electron chi connectivity index (χ1n) is 11.7. The number of rotatable bonds is 9. The predicted molar refractivity (Wildman–Crippen MR) is 134 cm³/mol. The monoisotopic (exact) mass is 460 g/mol.